The predicted octanol–water partition coefficient (Wildman–Crippen LogP) is 5.84. The van der Waals surface area contributed by atoms with Gasteiger partial charge in [-0.1, -0.05) is 55.8 Å². The largest absolute Gasteiger partial charge is 0.329 e. The fourth-order valence-corrected chi connectivity index (χ4v) is 4.21. The molecule has 3 aromatic carbocycles. The van der Waals surface area contributed by atoms with Gasteiger partial charge in [0.1, 0.15) is 11.6 Å². The first-order valence-electron chi connectivity index (χ1n) is 11.6. The quantitative estimate of drug-likeness (QED) is 0.350. The molecule has 0 aliphatic carbocycles. The zero-order valence-electron chi connectivity index (χ0n) is 19.7. The Morgan fingerprint density at radius 1 is 1.03 bits per heavy atom. The number of carbonyl (C=O) groups is 1. The first-order chi connectivity index (χ1) is 16.4. The fraction of sp³-hybridized carbons (Fsp3) is 0.250. The molecule has 0 bridgehead atoms. The standard InChI is InChI=1S/C28H28FN3O2/c1-4-5-18-31(27(33)21-13-7-9-15-23(21)29)20(3)26-30-24-16-10-8-14-22(24)28(34)32(26)25-17-11-6-12-19(25)2/h6-17,20H,4-5,18H2,1-3H3. The molecule has 0 saturated carbocycles. The summed E-state index contributed by atoms with van der Waals surface area (Å²) in [6, 6.07) is 20.2. The van der Waals surface area contributed by atoms with E-state index >= 15 is 0 Å². The average Bonchev–Trinajstić information content (AvgIpc) is 2.85. The summed E-state index contributed by atoms with van der Waals surface area (Å²) in [4.78, 5) is 33.7. The summed E-state index contributed by atoms with van der Waals surface area (Å²) in [6.45, 7) is 6.24. The molecule has 0 aliphatic heterocycles. The molecule has 5 nitrogen and oxygen atoms in total. The van der Waals surface area contributed by atoms with Gasteiger partial charge >= 0.3 is 0 Å². The van der Waals surface area contributed by atoms with Crippen molar-refractivity contribution in [1.29, 1.82) is 0 Å². The highest BCUT2D eigenvalue weighted by Gasteiger charge is 2.28. The molecule has 0 saturated heterocycles. The van der Waals surface area contributed by atoms with Crippen LogP contribution >= 0.6 is 0 Å². The van der Waals surface area contributed by atoms with Crippen molar-refractivity contribution in [3.63, 3.8) is 0 Å². The number of unbranched alkanes of at least 4 members (excludes halogenated alkanes) is 1. The number of rotatable bonds is 7. The second-order valence-corrected chi connectivity index (χ2v) is 8.42. The number of aryl methyl sites for hydroxylation is 1. The maximum Gasteiger partial charge on any atom is 0.266 e. The van der Waals surface area contributed by atoms with Crippen LogP contribution in [0.25, 0.3) is 16.6 Å². The summed E-state index contributed by atoms with van der Waals surface area (Å²) in [5.41, 5.74) is 2.00. The van der Waals surface area contributed by atoms with Gasteiger partial charge in [0.05, 0.1) is 28.2 Å². The number of hydrogen-bond donors (Lipinski definition) is 0. The van der Waals surface area contributed by atoms with Gasteiger partial charge in [0, 0.05) is 6.54 Å². The summed E-state index contributed by atoms with van der Waals surface area (Å²) in [5.74, 6) is -0.541. The minimum absolute atomic E-state index is 0.0102. The van der Waals surface area contributed by atoms with Crippen molar-refractivity contribution < 1.29 is 9.18 Å². The van der Waals surface area contributed by atoms with Gasteiger partial charge in [-0.3, -0.25) is 14.2 Å². The molecule has 0 aliphatic rings. The Morgan fingerprint density at radius 3 is 2.44 bits per heavy atom. The van der Waals surface area contributed by atoms with Crippen molar-refractivity contribution in [2.75, 3.05) is 6.54 Å². The van der Waals surface area contributed by atoms with Gasteiger partial charge in [-0.15, -0.1) is 0 Å². The Morgan fingerprint density at radius 2 is 1.71 bits per heavy atom. The highest BCUT2D eigenvalue weighted by Crippen LogP contribution is 2.26. The van der Waals surface area contributed by atoms with Crippen LogP contribution < -0.4 is 5.56 Å². The first-order valence-corrected chi connectivity index (χ1v) is 11.6. The van der Waals surface area contributed by atoms with Crippen LogP contribution in [-0.4, -0.2) is 26.9 Å². The maximum atomic E-state index is 14.5. The van der Waals surface area contributed by atoms with Gasteiger partial charge in [0.2, 0.25) is 0 Å². The summed E-state index contributed by atoms with van der Waals surface area (Å²) >= 11 is 0. The summed E-state index contributed by atoms with van der Waals surface area (Å²) in [6.07, 6.45) is 1.61. The summed E-state index contributed by atoms with van der Waals surface area (Å²) < 4.78 is 16.1. The molecule has 34 heavy (non-hydrogen) atoms. The lowest BCUT2D eigenvalue weighted by Crippen LogP contribution is -2.38. The van der Waals surface area contributed by atoms with E-state index in [-0.39, 0.29) is 11.1 Å². The Labute approximate surface area is 198 Å². The molecule has 0 radical (unpaired) electrons. The lowest BCUT2D eigenvalue weighted by Gasteiger charge is -2.31. The Kier molecular flexibility index (Phi) is 6.87. The number of benzene rings is 3. The molecule has 0 fully saturated rings. The molecular weight excluding hydrogens is 429 g/mol. The van der Waals surface area contributed by atoms with Crippen molar-refractivity contribution in [1.82, 2.24) is 14.5 Å². The van der Waals surface area contributed by atoms with E-state index in [9.17, 15) is 14.0 Å². The van der Waals surface area contributed by atoms with Crippen molar-refractivity contribution in [3.8, 4) is 5.69 Å². The van der Waals surface area contributed by atoms with Gasteiger partial charge in [-0.05, 0) is 56.2 Å². The summed E-state index contributed by atoms with van der Waals surface area (Å²) in [5, 5.41) is 0.502. The smallest absolute Gasteiger partial charge is 0.266 e. The second-order valence-electron chi connectivity index (χ2n) is 8.42. The average molecular weight is 458 g/mol. The number of nitrogens with zero attached hydrogens (tertiary/aromatic N) is 3. The molecule has 1 atom stereocenters. The predicted molar refractivity (Wildman–Crippen MR) is 133 cm³/mol. The second kappa shape index (κ2) is 10.00. The molecule has 1 amide bonds. The van der Waals surface area contributed by atoms with E-state index in [2.05, 4.69) is 0 Å². The van der Waals surface area contributed by atoms with Gasteiger partial charge < -0.3 is 4.90 Å². The Bertz CT molecular complexity index is 1400. The van der Waals surface area contributed by atoms with Gasteiger partial charge in [-0.2, -0.15) is 0 Å². The zero-order valence-corrected chi connectivity index (χ0v) is 19.7. The fourth-order valence-electron chi connectivity index (χ4n) is 4.21. The third-order valence-electron chi connectivity index (χ3n) is 6.12. The molecule has 6 heteroatoms. The highest BCUT2D eigenvalue weighted by atomic mass is 19.1. The molecule has 0 N–H and O–H groups in total. The minimum atomic E-state index is -0.574. The van der Waals surface area contributed by atoms with Crippen LogP contribution in [0.15, 0.2) is 77.6 Å². The number of aromatic nitrogens is 2. The van der Waals surface area contributed by atoms with Crippen molar-refractivity contribution in [2.45, 2.75) is 39.7 Å². The van der Waals surface area contributed by atoms with E-state index in [4.69, 9.17) is 4.98 Å². The van der Waals surface area contributed by atoms with E-state index < -0.39 is 17.8 Å². The normalized spacial score (nSPS) is 12.0. The van der Waals surface area contributed by atoms with E-state index in [1.165, 1.54) is 12.1 Å². The number of halogens is 1. The first kappa shape index (κ1) is 23.4. The lowest BCUT2D eigenvalue weighted by atomic mass is 10.1. The molecular formula is C28H28FN3O2. The molecule has 4 aromatic rings. The molecule has 0 spiro atoms. The van der Waals surface area contributed by atoms with Crippen molar-refractivity contribution in [3.05, 3.63) is 106 Å². The highest BCUT2D eigenvalue weighted by molar-refractivity contribution is 5.94. The van der Waals surface area contributed by atoms with Gasteiger partial charge in [-0.25, -0.2) is 9.37 Å². The molecule has 1 aromatic heterocycles. The van der Waals surface area contributed by atoms with Gasteiger partial charge in [0.25, 0.3) is 11.5 Å². The third-order valence-corrected chi connectivity index (χ3v) is 6.12. The number of para-hydroxylation sites is 2. The molecule has 174 valence electrons. The van der Waals surface area contributed by atoms with Gasteiger partial charge in [0.15, 0.2) is 0 Å². The monoisotopic (exact) mass is 457 g/mol. The van der Waals surface area contributed by atoms with Crippen LogP contribution in [0.1, 0.15) is 54.5 Å². The summed E-state index contributed by atoms with van der Waals surface area (Å²) in [7, 11) is 0. The van der Waals surface area contributed by atoms with Crippen molar-refractivity contribution >= 4 is 16.8 Å². The number of fused-ring (bicyclic) bond motifs is 1. The number of carbonyl (C=O) groups excluding carboxylic acids is 1. The van der Waals surface area contributed by atoms with E-state index in [0.717, 1.165) is 18.4 Å². The lowest BCUT2D eigenvalue weighted by molar-refractivity contribution is 0.0673. The van der Waals surface area contributed by atoms with Crippen LogP contribution in [-0.2, 0) is 0 Å². The van der Waals surface area contributed by atoms with E-state index in [1.54, 1.807) is 33.7 Å². The molecule has 1 heterocycles. The third kappa shape index (κ3) is 4.36. The number of amides is 1. The Balaban J connectivity index is 1.93. The van der Waals surface area contributed by atoms with E-state index in [0.29, 0.717) is 29.0 Å². The number of hydrogen-bond acceptors (Lipinski definition) is 3. The minimum Gasteiger partial charge on any atom is -0.329 e. The van der Waals surface area contributed by atoms with Crippen LogP contribution in [0.4, 0.5) is 4.39 Å². The van der Waals surface area contributed by atoms with Crippen LogP contribution in [0.5, 0.6) is 0 Å². The molecule has 1 unspecified atom stereocenters. The zero-order chi connectivity index (χ0) is 24.2. The van der Waals surface area contributed by atoms with E-state index in [1.807, 2.05) is 57.2 Å². The molecule has 4 rings (SSSR count). The Hall–Kier alpha value is -3.80. The van der Waals surface area contributed by atoms with Crippen LogP contribution in [0, 0.1) is 12.7 Å². The van der Waals surface area contributed by atoms with Crippen molar-refractivity contribution in [2.24, 2.45) is 0 Å². The SMILES string of the molecule is CCCCN(C(=O)c1ccccc1F)C(C)c1nc2ccccc2c(=O)n1-c1ccccc1C. The van der Waals surface area contributed by atoms with Crippen LogP contribution in [0.3, 0.4) is 0 Å². The maximum absolute atomic E-state index is 14.5. The topological polar surface area (TPSA) is 55.2 Å². The van der Waals surface area contributed by atoms with Crippen LogP contribution in [0.2, 0.25) is 0 Å².